The Bertz CT molecular complexity index is 185. The largest absolute Gasteiger partial charge is 0.395 e. The molecular weight excluding hydrogens is 186 g/mol. The van der Waals surface area contributed by atoms with Gasteiger partial charge in [0.1, 0.15) is 0 Å². The molecule has 0 aliphatic heterocycles. The Morgan fingerprint density at radius 2 is 2.00 bits per heavy atom. The maximum Gasteiger partial charge on any atom is 0.0584 e. The molecule has 0 aromatic rings. The van der Waals surface area contributed by atoms with Crippen LogP contribution in [0.3, 0.4) is 0 Å². The van der Waals surface area contributed by atoms with Crippen LogP contribution in [0, 0.1) is 11.8 Å². The van der Waals surface area contributed by atoms with Crippen molar-refractivity contribution >= 4 is 0 Å². The van der Waals surface area contributed by atoms with E-state index in [0.717, 1.165) is 18.3 Å². The van der Waals surface area contributed by atoms with Crippen LogP contribution in [0.4, 0.5) is 0 Å². The molecule has 3 unspecified atom stereocenters. The normalized spacial score (nSPS) is 34.0. The molecule has 2 fully saturated rings. The molecule has 0 radical (unpaired) electrons. The standard InChI is InChI=1S/C13H25NO/c1-2-12(9-15)14-13-5-3-4-11(8-13)10-6-7-10/h10-15H,2-9H2,1H3. The lowest BCUT2D eigenvalue weighted by molar-refractivity contribution is 0.194. The molecule has 0 saturated heterocycles. The van der Waals surface area contributed by atoms with Gasteiger partial charge in [-0.25, -0.2) is 0 Å². The molecular formula is C13H25NO. The van der Waals surface area contributed by atoms with Crippen LogP contribution in [0.15, 0.2) is 0 Å². The summed E-state index contributed by atoms with van der Waals surface area (Å²) in [6, 6.07) is 1.01. The average molecular weight is 211 g/mol. The van der Waals surface area contributed by atoms with Crippen molar-refractivity contribution in [2.24, 2.45) is 11.8 Å². The Morgan fingerprint density at radius 3 is 2.60 bits per heavy atom. The molecule has 3 atom stereocenters. The molecule has 2 aliphatic carbocycles. The zero-order valence-electron chi connectivity index (χ0n) is 9.91. The van der Waals surface area contributed by atoms with Gasteiger partial charge in [0.15, 0.2) is 0 Å². The lowest BCUT2D eigenvalue weighted by Gasteiger charge is -2.32. The quantitative estimate of drug-likeness (QED) is 0.731. The number of aliphatic hydroxyl groups excluding tert-OH is 1. The molecule has 0 spiro atoms. The van der Waals surface area contributed by atoms with Crippen molar-refractivity contribution < 1.29 is 5.11 Å². The van der Waals surface area contributed by atoms with Crippen LogP contribution in [0.5, 0.6) is 0 Å². The summed E-state index contributed by atoms with van der Waals surface area (Å²) in [5.74, 6) is 2.05. The van der Waals surface area contributed by atoms with Gasteiger partial charge >= 0.3 is 0 Å². The topological polar surface area (TPSA) is 32.3 Å². The van der Waals surface area contributed by atoms with E-state index in [4.69, 9.17) is 0 Å². The van der Waals surface area contributed by atoms with Gasteiger partial charge in [0.05, 0.1) is 6.61 Å². The molecule has 2 heteroatoms. The summed E-state index contributed by atoms with van der Waals surface area (Å²) in [5.41, 5.74) is 0. The van der Waals surface area contributed by atoms with Crippen molar-refractivity contribution in [2.75, 3.05) is 6.61 Å². The summed E-state index contributed by atoms with van der Waals surface area (Å²) in [7, 11) is 0. The molecule has 2 rings (SSSR count). The minimum atomic E-state index is 0.293. The van der Waals surface area contributed by atoms with E-state index in [9.17, 15) is 5.11 Å². The van der Waals surface area contributed by atoms with E-state index < -0.39 is 0 Å². The lowest BCUT2D eigenvalue weighted by atomic mass is 9.82. The molecule has 0 aromatic carbocycles. The third kappa shape index (κ3) is 3.18. The summed E-state index contributed by atoms with van der Waals surface area (Å²) in [6.45, 7) is 2.44. The first-order valence-corrected chi connectivity index (χ1v) is 6.70. The van der Waals surface area contributed by atoms with Crippen molar-refractivity contribution in [3.8, 4) is 0 Å². The van der Waals surface area contributed by atoms with Crippen LogP contribution < -0.4 is 5.32 Å². The Balaban J connectivity index is 1.76. The molecule has 15 heavy (non-hydrogen) atoms. The van der Waals surface area contributed by atoms with E-state index in [1.165, 1.54) is 38.5 Å². The number of hydrogen-bond acceptors (Lipinski definition) is 2. The van der Waals surface area contributed by atoms with Crippen LogP contribution >= 0.6 is 0 Å². The summed E-state index contributed by atoms with van der Waals surface area (Å²) in [6.07, 6.45) is 9.53. The van der Waals surface area contributed by atoms with E-state index in [1.807, 2.05) is 0 Å². The molecule has 0 bridgehead atoms. The second kappa shape index (κ2) is 5.31. The fourth-order valence-corrected chi connectivity index (χ4v) is 3.01. The smallest absolute Gasteiger partial charge is 0.0584 e. The van der Waals surface area contributed by atoms with Crippen LogP contribution in [-0.2, 0) is 0 Å². The Labute approximate surface area is 93.5 Å². The number of nitrogens with one attached hydrogen (secondary N) is 1. The molecule has 2 nitrogen and oxygen atoms in total. The first-order valence-electron chi connectivity index (χ1n) is 6.70. The van der Waals surface area contributed by atoms with Gasteiger partial charge in [0.2, 0.25) is 0 Å². The Hall–Kier alpha value is -0.0800. The summed E-state index contributed by atoms with van der Waals surface area (Å²) in [5, 5.41) is 12.8. The van der Waals surface area contributed by atoms with Gasteiger partial charge in [0, 0.05) is 12.1 Å². The maximum atomic E-state index is 9.18. The highest BCUT2D eigenvalue weighted by atomic mass is 16.3. The minimum absolute atomic E-state index is 0.293. The number of rotatable bonds is 5. The second-order valence-corrected chi connectivity index (χ2v) is 5.42. The highest BCUT2D eigenvalue weighted by Crippen LogP contribution is 2.43. The number of aliphatic hydroxyl groups is 1. The van der Waals surface area contributed by atoms with E-state index in [1.54, 1.807) is 0 Å². The van der Waals surface area contributed by atoms with E-state index in [-0.39, 0.29) is 0 Å². The Kier molecular flexibility index (Phi) is 4.04. The monoisotopic (exact) mass is 211 g/mol. The molecule has 0 amide bonds. The van der Waals surface area contributed by atoms with Gasteiger partial charge < -0.3 is 10.4 Å². The lowest BCUT2D eigenvalue weighted by Crippen LogP contribution is -2.42. The minimum Gasteiger partial charge on any atom is -0.395 e. The van der Waals surface area contributed by atoms with Crippen LogP contribution in [0.25, 0.3) is 0 Å². The van der Waals surface area contributed by atoms with Crippen molar-refractivity contribution in [3.05, 3.63) is 0 Å². The molecule has 2 N–H and O–H groups in total. The summed E-state index contributed by atoms with van der Waals surface area (Å²) < 4.78 is 0. The fraction of sp³-hybridized carbons (Fsp3) is 1.00. The van der Waals surface area contributed by atoms with Gasteiger partial charge in [-0.1, -0.05) is 19.8 Å². The highest BCUT2D eigenvalue weighted by Gasteiger charge is 2.34. The van der Waals surface area contributed by atoms with Gasteiger partial charge in [-0.15, -0.1) is 0 Å². The van der Waals surface area contributed by atoms with E-state index in [2.05, 4.69) is 12.2 Å². The van der Waals surface area contributed by atoms with Crippen molar-refractivity contribution in [1.82, 2.24) is 5.32 Å². The zero-order chi connectivity index (χ0) is 10.7. The van der Waals surface area contributed by atoms with Crippen molar-refractivity contribution in [2.45, 2.75) is 64.0 Å². The average Bonchev–Trinajstić information content (AvgIpc) is 3.10. The molecule has 2 aliphatic rings. The fourth-order valence-electron chi connectivity index (χ4n) is 3.01. The molecule has 2 saturated carbocycles. The van der Waals surface area contributed by atoms with Gasteiger partial charge in [0.25, 0.3) is 0 Å². The first-order chi connectivity index (χ1) is 7.33. The Morgan fingerprint density at radius 1 is 1.20 bits per heavy atom. The predicted octanol–water partition coefficient (Wildman–Crippen LogP) is 2.32. The molecule has 0 aromatic heterocycles. The third-order valence-electron chi connectivity index (χ3n) is 4.19. The zero-order valence-corrected chi connectivity index (χ0v) is 9.91. The van der Waals surface area contributed by atoms with Crippen LogP contribution in [0.2, 0.25) is 0 Å². The van der Waals surface area contributed by atoms with Crippen molar-refractivity contribution in [1.29, 1.82) is 0 Å². The number of hydrogen-bond donors (Lipinski definition) is 2. The van der Waals surface area contributed by atoms with Crippen LogP contribution in [0.1, 0.15) is 51.9 Å². The molecule has 0 heterocycles. The van der Waals surface area contributed by atoms with E-state index in [0.29, 0.717) is 18.7 Å². The maximum absolute atomic E-state index is 9.18. The first kappa shape index (κ1) is 11.4. The van der Waals surface area contributed by atoms with Gasteiger partial charge in [-0.3, -0.25) is 0 Å². The van der Waals surface area contributed by atoms with Gasteiger partial charge in [-0.05, 0) is 43.9 Å². The van der Waals surface area contributed by atoms with Crippen molar-refractivity contribution in [3.63, 3.8) is 0 Å². The predicted molar refractivity (Wildman–Crippen MR) is 62.8 cm³/mol. The second-order valence-electron chi connectivity index (χ2n) is 5.42. The summed E-state index contributed by atoms with van der Waals surface area (Å²) in [4.78, 5) is 0. The van der Waals surface area contributed by atoms with Crippen LogP contribution in [-0.4, -0.2) is 23.8 Å². The third-order valence-corrected chi connectivity index (χ3v) is 4.19. The highest BCUT2D eigenvalue weighted by molar-refractivity contribution is 4.88. The SMILES string of the molecule is CCC(CO)NC1CCCC(C2CC2)C1. The summed E-state index contributed by atoms with van der Waals surface area (Å²) >= 11 is 0. The molecule has 88 valence electrons. The van der Waals surface area contributed by atoms with Gasteiger partial charge in [-0.2, -0.15) is 0 Å². The van der Waals surface area contributed by atoms with E-state index >= 15 is 0 Å².